The molecule has 0 atom stereocenters. The van der Waals surface area contributed by atoms with Crippen LogP contribution < -0.4 is 10.1 Å². The van der Waals surface area contributed by atoms with Crippen LogP contribution in [-0.4, -0.2) is 21.1 Å². The normalized spacial score (nSPS) is 10.4. The molecular weight excluding hydrogens is 324 g/mol. The van der Waals surface area contributed by atoms with E-state index in [1.165, 1.54) is 11.3 Å². The van der Waals surface area contributed by atoms with Crippen LogP contribution in [0.25, 0.3) is 0 Å². The van der Waals surface area contributed by atoms with Gasteiger partial charge in [0.05, 0.1) is 6.42 Å². The molecular formula is C17H16N4O2S. The molecule has 0 spiro atoms. The van der Waals surface area contributed by atoms with Gasteiger partial charge in [0.25, 0.3) is 0 Å². The molecule has 0 aliphatic carbocycles. The molecule has 0 saturated heterocycles. The molecule has 0 bridgehead atoms. The Bertz CT molecular complexity index is 846. The Morgan fingerprint density at radius 2 is 1.96 bits per heavy atom. The second kappa shape index (κ2) is 7.18. The minimum Gasteiger partial charge on any atom is -0.439 e. The van der Waals surface area contributed by atoms with Crippen molar-refractivity contribution < 1.29 is 9.53 Å². The quantitative estimate of drug-likeness (QED) is 0.769. The summed E-state index contributed by atoms with van der Waals surface area (Å²) in [5.74, 6) is 1.13. The zero-order valence-electron chi connectivity index (χ0n) is 13.3. The lowest BCUT2D eigenvalue weighted by Gasteiger charge is -2.08. The van der Waals surface area contributed by atoms with Crippen LogP contribution in [0.4, 0.5) is 5.13 Å². The van der Waals surface area contributed by atoms with Crippen LogP contribution in [0.15, 0.2) is 42.6 Å². The van der Waals surface area contributed by atoms with E-state index in [9.17, 15) is 4.79 Å². The number of carbonyl (C=O) groups is 1. The van der Waals surface area contributed by atoms with Gasteiger partial charge in [-0.2, -0.15) is 0 Å². The lowest BCUT2D eigenvalue weighted by molar-refractivity contribution is -0.115. The van der Waals surface area contributed by atoms with Crippen LogP contribution in [0.1, 0.15) is 16.1 Å². The maximum atomic E-state index is 12.0. The van der Waals surface area contributed by atoms with E-state index in [1.807, 2.05) is 50.2 Å². The van der Waals surface area contributed by atoms with Gasteiger partial charge in [-0.1, -0.05) is 29.5 Å². The second-order valence-corrected chi connectivity index (χ2v) is 6.40. The van der Waals surface area contributed by atoms with E-state index in [4.69, 9.17) is 4.74 Å². The summed E-state index contributed by atoms with van der Waals surface area (Å²) in [5, 5.41) is 11.8. The van der Waals surface area contributed by atoms with Crippen molar-refractivity contribution in [2.24, 2.45) is 0 Å². The fourth-order valence-corrected chi connectivity index (χ4v) is 2.67. The molecule has 3 aromatic rings. The number of rotatable bonds is 5. The molecule has 6 nitrogen and oxygen atoms in total. The fourth-order valence-electron chi connectivity index (χ4n) is 2.06. The Morgan fingerprint density at radius 3 is 2.62 bits per heavy atom. The zero-order valence-corrected chi connectivity index (χ0v) is 14.1. The summed E-state index contributed by atoms with van der Waals surface area (Å²) in [6.45, 7) is 3.78. The van der Waals surface area contributed by atoms with Gasteiger partial charge >= 0.3 is 0 Å². The van der Waals surface area contributed by atoms with Gasteiger partial charge in [0, 0.05) is 11.8 Å². The summed E-state index contributed by atoms with van der Waals surface area (Å²) in [7, 11) is 0. The highest BCUT2D eigenvalue weighted by molar-refractivity contribution is 7.15. The van der Waals surface area contributed by atoms with Gasteiger partial charge in [0.15, 0.2) is 0 Å². The van der Waals surface area contributed by atoms with Gasteiger partial charge in [0.1, 0.15) is 10.8 Å². The van der Waals surface area contributed by atoms with E-state index in [-0.39, 0.29) is 12.3 Å². The Kier molecular flexibility index (Phi) is 4.81. The highest BCUT2D eigenvalue weighted by Gasteiger charge is 2.08. The second-order valence-electron chi connectivity index (χ2n) is 5.22. The predicted molar refractivity (Wildman–Crippen MR) is 92.5 cm³/mol. The van der Waals surface area contributed by atoms with Gasteiger partial charge in [-0.25, -0.2) is 4.98 Å². The molecule has 0 aliphatic heterocycles. The first-order chi connectivity index (χ1) is 11.6. The Morgan fingerprint density at radius 1 is 1.17 bits per heavy atom. The number of hydrogen-bond donors (Lipinski definition) is 1. The maximum absolute atomic E-state index is 12.0. The third-order valence-electron chi connectivity index (χ3n) is 3.24. The first-order valence-corrected chi connectivity index (χ1v) is 8.20. The number of aryl methyl sites for hydroxylation is 2. The lowest BCUT2D eigenvalue weighted by atomic mass is 10.1. The molecule has 7 heteroatoms. The van der Waals surface area contributed by atoms with E-state index in [2.05, 4.69) is 20.5 Å². The van der Waals surface area contributed by atoms with Crippen molar-refractivity contribution in [2.45, 2.75) is 20.3 Å². The molecule has 3 rings (SSSR count). The van der Waals surface area contributed by atoms with Gasteiger partial charge in [-0.15, -0.1) is 10.2 Å². The molecule has 24 heavy (non-hydrogen) atoms. The molecule has 0 unspecified atom stereocenters. The molecule has 0 fully saturated rings. The Hall–Kier alpha value is -2.80. The smallest absolute Gasteiger partial charge is 0.230 e. The van der Waals surface area contributed by atoms with Crippen molar-refractivity contribution >= 4 is 22.4 Å². The number of nitrogens with zero attached hydrogens (tertiary/aromatic N) is 3. The number of carbonyl (C=O) groups excluding carboxylic acids is 1. The van der Waals surface area contributed by atoms with Gasteiger partial charge < -0.3 is 10.1 Å². The molecule has 0 saturated carbocycles. The number of amides is 1. The predicted octanol–water partition coefficient (Wildman–Crippen LogP) is 3.52. The van der Waals surface area contributed by atoms with E-state index in [0.29, 0.717) is 16.8 Å². The summed E-state index contributed by atoms with van der Waals surface area (Å²) in [6.07, 6.45) is 1.96. The minimum atomic E-state index is -0.125. The number of anilines is 1. The fraction of sp³-hybridized carbons (Fsp3) is 0.176. The minimum absolute atomic E-state index is 0.125. The molecule has 1 amide bonds. The maximum Gasteiger partial charge on any atom is 0.230 e. The summed E-state index contributed by atoms with van der Waals surface area (Å²) >= 11 is 1.35. The number of nitrogens with one attached hydrogen (secondary N) is 1. The number of hydrogen-bond acceptors (Lipinski definition) is 6. The van der Waals surface area contributed by atoms with Gasteiger partial charge in [-0.05, 0) is 37.6 Å². The van der Waals surface area contributed by atoms with Crippen LogP contribution in [0.3, 0.4) is 0 Å². The third-order valence-corrected chi connectivity index (χ3v) is 3.99. The Labute approximate surface area is 143 Å². The molecule has 2 aromatic heterocycles. The lowest BCUT2D eigenvalue weighted by Crippen LogP contribution is -2.14. The van der Waals surface area contributed by atoms with E-state index >= 15 is 0 Å². The van der Waals surface area contributed by atoms with E-state index in [0.717, 1.165) is 16.1 Å². The molecule has 1 aromatic carbocycles. The largest absolute Gasteiger partial charge is 0.439 e. The molecule has 0 radical (unpaired) electrons. The summed E-state index contributed by atoms with van der Waals surface area (Å²) < 4.78 is 5.74. The first-order valence-electron chi connectivity index (χ1n) is 7.38. The number of ether oxygens (including phenoxy) is 1. The zero-order chi connectivity index (χ0) is 16.9. The van der Waals surface area contributed by atoms with Crippen molar-refractivity contribution in [3.05, 3.63) is 58.7 Å². The number of benzene rings is 1. The molecule has 0 aliphatic rings. The SMILES string of the molecule is Cc1nnc(NC(=O)Cc2ccc(Oc3ncccc3C)cc2)s1. The van der Waals surface area contributed by atoms with Crippen molar-refractivity contribution in [3.63, 3.8) is 0 Å². The summed E-state index contributed by atoms with van der Waals surface area (Å²) in [4.78, 5) is 16.2. The van der Waals surface area contributed by atoms with Gasteiger partial charge in [-0.3, -0.25) is 4.79 Å². The third kappa shape index (κ3) is 4.14. The highest BCUT2D eigenvalue weighted by atomic mass is 32.1. The van der Waals surface area contributed by atoms with Crippen LogP contribution >= 0.6 is 11.3 Å². The molecule has 122 valence electrons. The number of aromatic nitrogens is 3. The van der Waals surface area contributed by atoms with Crippen LogP contribution in [0, 0.1) is 13.8 Å². The van der Waals surface area contributed by atoms with Gasteiger partial charge in [0.2, 0.25) is 16.9 Å². The van der Waals surface area contributed by atoms with Crippen LogP contribution in [-0.2, 0) is 11.2 Å². The topological polar surface area (TPSA) is 77.0 Å². The highest BCUT2D eigenvalue weighted by Crippen LogP contribution is 2.22. The molecule has 2 heterocycles. The van der Waals surface area contributed by atoms with Crippen molar-refractivity contribution in [1.29, 1.82) is 0 Å². The van der Waals surface area contributed by atoms with Crippen molar-refractivity contribution in [2.75, 3.05) is 5.32 Å². The summed E-state index contributed by atoms with van der Waals surface area (Å²) in [6, 6.07) is 11.2. The van der Waals surface area contributed by atoms with Crippen molar-refractivity contribution in [1.82, 2.24) is 15.2 Å². The average Bonchev–Trinajstić information content (AvgIpc) is 2.96. The first kappa shape index (κ1) is 16.1. The molecule has 1 N–H and O–H groups in total. The number of pyridine rings is 1. The van der Waals surface area contributed by atoms with Crippen LogP contribution in [0.5, 0.6) is 11.6 Å². The van der Waals surface area contributed by atoms with E-state index in [1.54, 1.807) is 6.20 Å². The van der Waals surface area contributed by atoms with Crippen molar-refractivity contribution in [3.8, 4) is 11.6 Å². The Balaban J connectivity index is 1.60. The summed E-state index contributed by atoms with van der Waals surface area (Å²) in [5.41, 5.74) is 1.85. The van der Waals surface area contributed by atoms with E-state index < -0.39 is 0 Å². The monoisotopic (exact) mass is 340 g/mol. The average molecular weight is 340 g/mol. The standard InChI is InChI=1S/C17H16N4O2S/c1-11-4-3-9-18-16(11)23-14-7-5-13(6-8-14)10-15(22)19-17-21-20-12(2)24-17/h3-9H,10H2,1-2H3,(H,19,21,22). The van der Waals surface area contributed by atoms with Crippen LogP contribution in [0.2, 0.25) is 0 Å².